The Kier molecular flexibility index (Phi) is 17.3. The smallest absolute Gasteiger partial charge is 0.128 e. The number of ether oxygens (including phenoxy) is 4. The highest BCUT2D eigenvalue weighted by atomic mass is 16.5. The summed E-state index contributed by atoms with van der Waals surface area (Å²) in [7, 11) is 0. The van der Waals surface area contributed by atoms with Gasteiger partial charge in [0.25, 0.3) is 0 Å². The third kappa shape index (κ3) is 12.6. The van der Waals surface area contributed by atoms with Gasteiger partial charge in [-0.05, 0) is 263 Å². The lowest BCUT2D eigenvalue weighted by Gasteiger charge is -2.33. The van der Waals surface area contributed by atoms with E-state index in [9.17, 15) is 0 Å². The molecule has 4 aromatic carbocycles. The van der Waals surface area contributed by atoms with Gasteiger partial charge in [-0.15, -0.1) is 0 Å². The van der Waals surface area contributed by atoms with E-state index in [0.717, 1.165) is 90.6 Å². The standard InChI is InChI=1S/C63H82O4/c1-23-28-50(29-24-2)38-60(16,17)64-56-40(6)32-52(33-41(56)7)61(18,19)65-58-44(10)36-54(46(12)48(58)14)55-37-45(11)59(49(15)47(55)13)66-62(20,21)53-34-42(8)57(43(9)35-53)67-63(22,27-5)39-51(30-25-3)31-26-4/h23-37H,1,3,5,38-39H2,2,4,6-22H3/b29-24-,31-26-,50-28+,51-30+. The molecule has 4 nitrogen and oxygen atoms in total. The molecule has 67 heavy (non-hydrogen) atoms. The van der Waals surface area contributed by atoms with E-state index in [0.29, 0.717) is 6.42 Å². The van der Waals surface area contributed by atoms with Gasteiger partial charge in [-0.25, -0.2) is 0 Å². The van der Waals surface area contributed by atoms with Crippen molar-refractivity contribution in [3.63, 3.8) is 0 Å². The molecular formula is C63H82O4. The van der Waals surface area contributed by atoms with Crippen LogP contribution < -0.4 is 18.9 Å². The largest absolute Gasteiger partial charge is 0.487 e. The minimum atomic E-state index is -0.625. The molecule has 4 rings (SSSR count). The second kappa shape index (κ2) is 21.5. The molecule has 4 aromatic rings. The van der Waals surface area contributed by atoms with Crippen LogP contribution in [0.25, 0.3) is 11.1 Å². The quantitative estimate of drug-likeness (QED) is 0.0654. The average Bonchev–Trinajstić information content (AvgIpc) is 3.23. The first-order valence-corrected chi connectivity index (χ1v) is 23.9. The second-order valence-electron chi connectivity index (χ2n) is 20.5. The number of allylic oxidation sites excluding steroid dienone is 8. The van der Waals surface area contributed by atoms with Gasteiger partial charge in [0, 0.05) is 12.8 Å². The normalized spacial score (nSPS) is 13.8. The summed E-state index contributed by atoms with van der Waals surface area (Å²) in [6.45, 7) is 52.6. The third-order valence-electron chi connectivity index (χ3n) is 13.1. The number of hydrogen-bond donors (Lipinski definition) is 0. The summed E-state index contributed by atoms with van der Waals surface area (Å²) in [6, 6.07) is 13.4. The highest BCUT2D eigenvalue weighted by Crippen LogP contribution is 2.44. The molecule has 0 aliphatic rings. The van der Waals surface area contributed by atoms with Gasteiger partial charge in [-0.3, -0.25) is 0 Å². The summed E-state index contributed by atoms with van der Waals surface area (Å²) < 4.78 is 27.6. The van der Waals surface area contributed by atoms with Crippen LogP contribution in [0.3, 0.4) is 0 Å². The van der Waals surface area contributed by atoms with Crippen molar-refractivity contribution in [2.45, 2.75) is 167 Å². The zero-order valence-electron chi connectivity index (χ0n) is 44.8. The van der Waals surface area contributed by atoms with Crippen molar-refractivity contribution in [3.8, 4) is 34.1 Å². The van der Waals surface area contributed by atoms with Gasteiger partial charge in [0.05, 0.1) is 0 Å². The van der Waals surface area contributed by atoms with E-state index in [2.05, 4.69) is 192 Å². The van der Waals surface area contributed by atoms with Crippen LogP contribution in [0.4, 0.5) is 0 Å². The molecule has 1 unspecified atom stereocenters. The van der Waals surface area contributed by atoms with Gasteiger partial charge in [-0.1, -0.05) is 68.3 Å². The van der Waals surface area contributed by atoms with E-state index in [-0.39, 0.29) is 0 Å². The van der Waals surface area contributed by atoms with Crippen molar-refractivity contribution >= 4 is 0 Å². The lowest BCUT2D eigenvalue weighted by Crippen LogP contribution is -2.31. The summed E-state index contributed by atoms with van der Waals surface area (Å²) in [4.78, 5) is 0. The summed E-state index contributed by atoms with van der Waals surface area (Å²) >= 11 is 0. The predicted octanol–water partition coefficient (Wildman–Crippen LogP) is 17.7. The zero-order chi connectivity index (χ0) is 50.4. The maximum absolute atomic E-state index is 7.06. The van der Waals surface area contributed by atoms with E-state index < -0.39 is 22.4 Å². The number of benzene rings is 4. The van der Waals surface area contributed by atoms with Crippen LogP contribution in [0.1, 0.15) is 142 Å². The molecule has 0 bridgehead atoms. The van der Waals surface area contributed by atoms with Gasteiger partial charge in [0.1, 0.15) is 45.4 Å². The first kappa shape index (κ1) is 53.9. The van der Waals surface area contributed by atoms with Crippen LogP contribution in [-0.4, -0.2) is 11.2 Å². The Morgan fingerprint density at radius 1 is 0.448 bits per heavy atom. The zero-order valence-corrected chi connectivity index (χ0v) is 44.8. The Morgan fingerprint density at radius 2 is 0.791 bits per heavy atom. The minimum absolute atomic E-state index is 0.414. The van der Waals surface area contributed by atoms with Crippen molar-refractivity contribution < 1.29 is 18.9 Å². The average molecular weight is 903 g/mol. The van der Waals surface area contributed by atoms with E-state index in [4.69, 9.17) is 18.9 Å². The summed E-state index contributed by atoms with van der Waals surface area (Å²) in [5.41, 5.74) is 15.8. The van der Waals surface area contributed by atoms with Crippen molar-refractivity contribution in [1.29, 1.82) is 0 Å². The molecule has 0 heterocycles. The van der Waals surface area contributed by atoms with Crippen LogP contribution in [0.15, 0.2) is 122 Å². The Balaban J connectivity index is 1.63. The molecule has 0 spiro atoms. The summed E-state index contributed by atoms with van der Waals surface area (Å²) in [6.07, 6.45) is 19.4. The fraction of sp³-hybridized carbons (Fsp3) is 0.397. The van der Waals surface area contributed by atoms with Crippen LogP contribution in [0.5, 0.6) is 23.0 Å². The first-order chi connectivity index (χ1) is 31.2. The van der Waals surface area contributed by atoms with Gasteiger partial charge in [0.15, 0.2) is 0 Å². The SMILES string of the molecule is C=C/C=C(\C=C/C)CC(C)(C)Oc1c(C)cc(C(C)(C)Oc2c(C)cc(-c3cc(C)c(OC(C)(C)c4cc(C)c(OC(C)(C=C)CC(/C=C\C)=C/C=C)c(C)c4)c(C)c3C)c(C)c2C)cc1C. The van der Waals surface area contributed by atoms with Gasteiger partial charge in [0.2, 0.25) is 0 Å². The second-order valence-corrected chi connectivity index (χ2v) is 20.5. The Bertz CT molecular complexity index is 2590. The molecule has 0 aliphatic carbocycles. The highest BCUT2D eigenvalue weighted by Gasteiger charge is 2.32. The lowest BCUT2D eigenvalue weighted by molar-refractivity contribution is 0.103. The molecule has 0 radical (unpaired) electrons. The van der Waals surface area contributed by atoms with E-state index in [1.54, 1.807) is 0 Å². The van der Waals surface area contributed by atoms with Crippen molar-refractivity contribution in [1.82, 2.24) is 0 Å². The van der Waals surface area contributed by atoms with Crippen molar-refractivity contribution in [2.75, 3.05) is 0 Å². The molecule has 0 saturated carbocycles. The van der Waals surface area contributed by atoms with Gasteiger partial charge >= 0.3 is 0 Å². The molecule has 0 N–H and O–H groups in total. The van der Waals surface area contributed by atoms with Gasteiger partial charge < -0.3 is 18.9 Å². The Labute approximate surface area is 406 Å². The minimum Gasteiger partial charge on any atom is -0.487 e. The van der Waals surface area contributed by atoms with Crippen LogP contribution >= 0.6 is 0 Å². The summed E-state index contributed by atoms with van der Waals surface area (Å²) in [5, 5.41) is 0. The maximum Gasteiger partial charge on any atom is 0.128 e. The van der Waals surface area contributed by atoms with Crippen molar-refractivity contribution in [3.05, 3.63) is 189 Å². The molecule has 0 saturated heterocycles. The highest BCUT2D eigenvalue weighted by molar-refractivity contribution is 5.77. The number of hydrogen-bond acceptors (Lipinski definition) is 4. The van der Waals surface area contributed by atoms with E-state index >= 15 is 0 Å². The fourth-order valence-corrected chi connectivity index (χ4v) is 9.21. The molecule has 0 aliphatic heterocycles. The van der Waals surface area contributed by atoms with E-state index in [1.165, 1.54) is 27.8 Å². The molecule has 1 atom stereocenters. The third-order valence-corrected chi connectivity index (χ3v) is 13.1. The van der Waals surface area contributed by atoms with Crippen LogP contribution in [-0.2, 0) is 11.2 Å². The van der Waals surface area contributed by atoms with Crippen LogP contribution in [0, 0.1) is 69.2 Å². The number of aryl methyl sites for hydroxylation is 6. The maximum atomic E-state index is 7.06. The molecule has 0 amide bonds. The molecule has 0 aromatic heterocycles. The lowest BCUT2D eigenvalue weighted by atomic mass is 9.87. The Morgan fingerprint density at radius 3 is 1.13 bits per heavy atom. The first-order valence-electron chi connectivity index (χ1n) is 23.9. The van der Waals surface area contributed by atoms with Crippen molar-refractivity contribution in [2.24, 2.45) is 0 Å². The predicted molar refractivity (Wildman–Crippen MR) is 289 cm³/mol. The molecular weight excluding hydrogens is 821 g/mol. The molecule has 4 heteroatoms. The van der Waals surface area contributed by atoms with Crippen LogP contribution in [0.2, 0.25) is 0 Å². The molecule has 358 valence electrons. The topological polar surface area (TPSA) is 36.9 Å². The number of rotatable bonds is 20. The fourth-order valence-electron chi connectivity index (χ4n) is 9.21. The monoisotopic (exact) mass is 903 g/mol. The van der Waals surface area contributed by atoms with E-state index in [1.807, 2.05) is 50.3 Å². The molecule has 0 fully saturated rings. The Hall–Kier alpha value is -5.74. The summed E-state index contributed by atoms with van der Waals surface area (Å²) in [5.74, 6) is 3.61. The van der Waals surface area contributed by atoms with Gasteiger partial charge in [-0.2, -0.15) is 0 Å².